The average Bonchev–Trinajstić information content (AvgIpc) is 3.31. The van der Waals surface area contributed by atoms with E-state index >= 15 is 0 Å². The first-order valence-corrected chi connectivity index (χ1v) is 13.4. The van der Waals surface area contributed by atoms with Crippen LogP contribution in [0.4, 0.5) is 0 Å². The first-order valence-electron chi connectivity index (χ1n) is 11.9. The number of benzene rings is 2. The van der Waals surface area contributed by atoms with Gasteiger partial charge in [0.15, 0.2) is 11.5 Å². The molecule has 1 amide bonds. The topological polar surface area (TPSA) is 88.2 Å². The number of nitrogens with one attached hydrogen (secondary N) is 1. The minimum absolute atomic E-state index is 0.0516. The number of ether oxygens (including phenoxy) is 2. The molecule has 2 aliphatic heterocycles. The molecule has 184 valence electrons. The molecule has 2 aliphatic rings. The van der Waals surface area contributed by atoms with Gasteiger partial charge in [-0.1, -0.05) is 32.0 Å². The second-order valence-corrected chi connectivity index (χ2v) is 10.5. The van der Waals surface area contributed by atoms with Crippen molar-refractivity contribution in [3.8, 4) is 11.5 Å². The zero-order valence-corrected chi connectivity index (χ0v) is 20.6. The second-order valence-electron chi connectivity index (χ2n) is 8.54. The Morgan fingerprint density at radius 1 is 1.06 bits per heavy atom. The summed E-state index contributed by atoms with van der Waals surface area (Å²) < 4.78 is 38.0. The molecule has 0 radical (unpaired) electrons. The van der Waals surface area contributed by atoms with E-state index in [-0.39, 0.29) is 16.8 Å². The van der Waals surface area contributed by atoms with Gasteiger partial charge in [0.05, 0.1) is 11.4 Å². The van der Waals surface area contributed by atoms with Gasteiger partial charge in [0.25, 0.3) is 0 Å². The molecular formula is C25H33N3O5S. The van der Waals surface area contributed by atoms with Crippen LogP contribution in [0.15, 0.2) is 47.4 Å². The molecule has 2 aromatic carbocycles. The first-order chi connectivity index (χ1) is 16.4. The average molecular weight is 488 g/mol. The quantitative estimate of drug-likeness (QED) is 0.585. The summed E-state index contributed by atoms with van der Waals surface area (Å²) in [5.41, 5.74) is 2.00. The molecule has 1 N–H and O–H groups in total. The summed E-state index contributed by atoms with van der Waals surface area (Å²) in [5, 5.41) is 2.97. The fraction of sp³-hybridized carbons (Fsp3) is 0.480. The Morgan fingerprint density at radius 2 is 1.76 bits per heavy atom. The third-order valence-corrected chi connectivity index (χ3v) is 8.48. The van der Waals surface area contributed by atoms with Gasteiger partial charge in [-0.25, -0.2) is 8.42 Å². The van der Waals surface area contributed by atoms with E-state index in [0.717, 1.165) is 42.0 Å². The molecule has 1 saturated heterocycles. The summed E-state index contributed by atoms with van der Waals surface area (Å²) >= 11 is 0. The zero-order valence-electron chi connectivity index (χ0n) is 19.8. The minimum atomic E-state index is -3.48. The molecule has 1 atom stereocenters. The fourth-order valence-electron chi connectivity index (χ4n) is 4.59. The Hall–Kier alpha value is -2.62. The Kier molecular flexibility index (Phi) is 7.75. The van der Waals surface area contributed by atoms with Crippen LogP contribution >= 0.6 is 0 Å². The minimum Gasteiger partial charge on any atom is -0.486 e. The molecule has 4 rings (SSSR count). The molecule has 0 aromatic heterocycles. The predicted molar refractivity (Wildman–Crippen MR) is 129 cm³/mol. The maximum atomic E-state index is 12.7. The molecule has 0 unspecified atom stereocenters. The van der Waals surface area contributed by atoms with Crippen LogP contribution in [0.1, 0.15) is 43.9 Å². The predicted octanol–water partition coefficient (Wildman–Crippen LogP) is 2.94. The molecule has 1 fully saturated rings. The van der Waals surface area contributed by atoms with E-state index in [1.807, 2.05) is 26.0 Å². The lowest BCUT2D eigenvalue weighted by atomic mass is 10.0. The van der Waals surface area contributed by atoms with Crippen molar-refractivity contribution in [1.29, 1.82) is 0 Å². The molecule has 0 spiro atoms. The molecule has 2 aromatic rings. The van der Waals surface area contributed by atoms with Gasteiger partial charge < -0.3 is 14.8 Å². The molecule has 0 bridgehead atoms. The summed E-state index contributed by atoms with van der Waals surface area (Å²) in [6, 6.07) is 12.9. The number of carbonyl (C=O) groups excluding carboxylic acids is 1. The van der Waals surface area contributed by atoms with Gasteiger partial charge in [-0.3, -0.25) is 9.69 Å². The standard InChI is InChI=1S/C25H33N3O5S/c1-3-28(4-2)34(30,31)21-10-7-19(8-11-21)17-26-25(29)18-27-13-5-6-22(27)20-9-12-23-24(16-20)33-15-14-32-23/h7-12,16,22H,3-6,13-15,17-18H2,1-2H3,(H,26,29)/t22-/m0/s1. The van der Waals surface area contributed by atoms with Crippen LogP contribution in [0.3, 0.4) is 0 Å². The number of sulfonamides is 1. The van der Waals surface area contributed by atoms with Crippen molar-refractivity contribution in [1.82, 2.24) is 14.5 Å². The van der Waals surface area contributed by atoms with Crippen molar-refractivity contribution in [3.63, 3.8) is 0 Å². The number of amides is 1. The molecular weight excluding hydrogens is 454 g/mol. The Bertz CT molecular complexity index is 1100. The highest BCUT2D eigenvalue weighted by Gasteiger charge is 2.29. The lowest BCUT2D eigenvalue weighted by Crippen LogP contribution is -2.36. The van der Waals surface area contributed by atoms with E-state index in [1.165, 1.54) is 4.31 Å². The SMILES string of the molecule is CCN(CC)S(=O)(=O)c1ccc(CNC(=O)CN2CCC[C@H]2c2ccc3c(c2)OCCO3)cc1. The maximum absolute atomic E-state index is 12.7. The van der Waals surface area contributed by atoms with Gasteiger partial charge in [0.1, 0.15) is 13.2 Å². The van der Waals surface area contributed by atoms with Gasteiger partial charge in [-0.2, -0.15) is 4.31 Å². The molecule has 0 aliphatic carbocycles. The van der Waals surface area contributed by atoms with Crippen LogP contribution in [0.2, 0.25) is 0 Å². The number of carbonyl (C=O) groups is 1. The number of rotatable bonds is 9. The highest BCUT2D eigenvalue weighted by atomic mass is 32.2. The van der Waals surface area contributed by atoms with Crippen LogP contribution in [-0.2, 0) is 21.4 Å². The Labute approximate surface area is 201 Å². The molecule has 34 heavy (non-hydrogen) atoms. The van der Waals surface area contributed by atoms with Crippen molar-refractivity contribution in [2.45, 2.75) is 44.2 Å². The lowest BCUT2D eigenvalue weighted by Gasteiger charge is -2.26. The fourth-order valence-corrected chi connectivity index (χ4v) is 6.05. The van der Waals surface area contributed by atoms with Crippen LogP contribution in [0.5, 0.6) is 11.5 Å². The summed E-state index contributed by atoms with van der Waals surface area (Å²) in [7, 11) is -3.48. The third kappa shape index (κ3) is 5.37. The lowest BCUT2D eigenvalue weighted by molar-refractivity contribution is -0.122. The number of nitrogens with zero attached hydrogens (tertiary/aromatic N) is 2. The molecule has 9 heteroatoms. The van der Waals surface area contributed by atoms with Crippen molar-refractivity contribution in [2.75, 3.05) is 39.4 Å². The number of likely N-dealkylation sites (tertiary alicyclic amines) is 1. The summed E-state index contributed by atoms with van der Waals surface area (Å²) in [4.78, 5) is 15.1. The van der Waals surface area contributed by atoms with Crippen LogP contribution < -0.4 is 14.8 Å². The van der Waals surface area contributed by atoms with Crippen molar-refractivity contribution < 1.29 is 22.7 Å². The molecule has 2 heterocycles. The normalized spacial score (nSPS) is 18.3. The van der Waals surface area contributed by atoms with Crippen LogP contribution in [-0.4, -0.2) is 62.9 Å². The van der Waals surface area contributed by atoms with Gasteiger partial charge in [-0.05, 0) is 54.8 Å². The monoisotopic (exact) mass is 487 g/mol. The summed E-state index contributed by atoms with van der Waals surface area (Å²) in [5.74, 6) is 1.49. The highest BCUT2D eigenvalue weighted by Crippen LogP contribution is 2.37. The Balaban J connectivity index is 1.33. The molecule has 0 saturated carbocycles. The van der Waals surface area contributed by atoms with Crippen molar-refractivity contribution in [3.05, 3.63) is 53.6 Å². The van der Waals surface area contributed by atoms with Gasteiger partial charge >= 0.3 is 0 Å². The number of hydrogen-bond acceptors (Lipinski definition) is 6. The largest absolute Gasteiger partial charge is 0.486 e. The summed E-state index contributed by atoms with van der Waals surface area (Å²) in [6.07, 6.45) is 2.03. The Morgan fingerprint density at radius 3 is 2.47 bits per heavy atom. The zero-order chi connectivity index (χ0) is 24.1. The van der Waals surface area contributed by atoms with E-state index in [2.05, 4.69) is 16.3 Å². The second kappa shape index (κ2) is 10.8. The first kappa shape index (κ1) is 24.5. The van der Waals surface area contributed by atoms with Gasteiger partial charge in [-0.15, -0.1) is 0 Å². The van der Waals surface area contributed by atoms with Crippen molar-refractivity contribution in [2.24, 2.45) is 0 Å². The van der Waals surface area contributed by atoms with E-state index < -0.39 is 10.0 Å². The summed E-state index contributed by atoms with van der Waals surface area (Å²) in [6.45, 7) is 7.16. The smallest absolute Gasteiger partial charge is 0.243 e. The maximum Gasteiger partial charge on any atom is 0.243 e. The van der Waals surface area contributed by atoms with Crippen LogP contribution in [0, 0.1) is 0 Å². The van der Waals surface area contributed by atoms with Gasteiger partial charge in [0.2, 0.25) is 15.9 Å². The number of fused-ring (bicyclic) bond motifs is 1. The van der Waals surface area contributed by atoms with E-state index in [9.17, 15) is 13.2 Å². The number of hydrogen-bond donors (Lipinski definition) is 1. The van der Waals surface area contributed by atoms with E-state index in [0.29, 0.717) is 39.4 Å². The highest BCUT2D eigenvalue weighted by molar-refractivity contribution is 7.89. The van der Waals surface area contributed by atoms with E-state index in [4.69, 9.17) is 9.47 Å². The van der Waals surface area contributed by atoms with E-state index in [1.54, 1.807) is 24.3 Å². The third-order valence-electron chi connectivity index (χ3n) is 6.42. The van der Waals surface area contributed by atoms with Gasteiger partial charge in [0, 0.05) is 25.7 Å². The molecule has 8 nitrogen and oxygen atoms in total. The van der Waals surface area contributed by atoms with Crippen molar-refractivity contribution >= 4 is 15.9 Å². The van der Waals surface area contributed by atoms with Crippen LogP contribution in [0.25, 0.3) is 0 Å².